The van der Waals surface area contributed by atoms with E-state index in [-0.39, 0.29) is 5.91 Å². The number of benzene rings is 1. The summed E-state index contributed by atoms with van der Waals surface area (Å²) in [7, 11) is 0. The van der Waals surface area contributed by atoms with Crippen molar-refractivity contribution >= 4 is 17.4 Å². The van der Waals surface area contributed by atoms with Crippen molar-refractivity contribution in [1.82, 2.24) is 15.3 Å². The summed E-state index contributed by atoms with van der Waals surface area (Å²) in [6.45, 7) is 6.82. The standard InChI is InChI=1S/C17H22N4O/c1-4-5-8-18-17(22)15-10-16(20-11-19-15)21-14-9-12(2)6-7-13(14)3/h6-7,9-11H,4-5,8H2,1-3H3,(H,18,22)(H,19,20,21). The van der Waals surface area contributed by atoms with Crippen molar-refractivity contribution in [2.24, 2.45) is 0 Å². The van der Waals surface area contributed by atoms with E-state index < -0.39 is 0 Å². The molecule has 2 aromatic rings. The third kappa shape index (κ3) is 4.28. The summed E-state index contributed by atoms with van der Waals surface area (Å²) in [5, 5.41) is 6.10. The Kier molecular flexibility index (Phi) is 5.47. The third-order valence-electron chi connectivity index (χ3n) is 3.37. The average Bonchev–Trinajstić information content (AvgIpc) is 2.51. The van der Waals surface area contributed by atoms with E-state index >= 15 is 0 Å². The van der Waals surface area contributed by atoms with Gasteiger partial charge in [0.1, 0.15) is 17.8 Å². The van der Waals surface area contributed by atoms with Gasteiger partial charge in [-0.05, 0) is 37.5 Å². The van der Waals surface area contributed by atoms with Crippen LogP contribution in [0.3, 0.4) is 0 Å². The van der Waals surface area contributed by atoms with Gasteiger partial charge in [0.05, 0.1) is 0 Å². The van der Waals surface area contributed by atoms with Gasteiger partial charge >= 0.3 is 0 Å². The van der Waals surface area contributed by atoms with Crippen LogP contribution in [0.15, 0.2) is 30.6 Å². The Morgan fingerprint density at radius 3 is 2.77 bits per heavy atom. The maximum atomic E-state index is 12.0. The summed E-state index contributed by atoms with van der Waals surface area (Å²) >= 11 is 0. The molecule has 0 saturated carbocycles. The van der Waals surface area contributed by atoms with E-state index in [1.807, 2.05) is 13.8 Å². The smallest absolute Gasteiger partial charge is 0.270 e. The molecule has 22 heavy (non-hydrogen) atoms. The molecule has 5 nitrogen and oxygen atoms in total. The summed E-state index contributed by atoms with van der Waals surface area (Å²) < 4.78 is 0. The van der Waals surface area contributed by atoms with E-state index in [0.29, 0.717) is 18.1 Å². The van der Waals surface area contributed by atoms with Crippen LogP contribution in [-0.4, -0.2) is 22.4 Å². The van der Waals surface area contributed by atoms with Gasteiger partial charge in [-0.15, -0.1) is 0 Å². The van der Waals surface area contributed by atoms with Crippen molar-refractivity contribution in [2.45, 2.75) is 33.6 Å². The molecular weight excluding hydrogens is 276 g/mol. The third-order valence-corrected chi connectivity index (χ3v) is 3.37. The second-order valence-corrected chi connectivity index (χ2v) is 5.34. The molecule has 0 aliphatic heterocycles. The summed E-state index contributed by atoms with van der Waals surface area (Å²) in [6, 6.07) is 7.84. The van der Waals surface area contributed by atoms with Crippen LogP contribution in [0.4, 0.5) is 11.5 Å². The maximum Gasteiger partial charge on any atom is 0.270 e. The van der Waals surface area contributed by atoms with E-state index in [9.17, 15) is 4.79 Å². The van der Waals surface area contributed by atoms with Crippen LogP contribution in [0.25, 0.3) is 0 Å². The number of amides is 1. The van der Waals surface area contributed by atoms with Gasteiger partial charge in [-0.3, -0.25) is 4.79 Å². The van der Waals surface area contributed by atoms with Crippen LogP contribution in [0, 0.1) is 13.8 Å². The molecule has 0 atom stereocenters. The van der Waals surface area contributed by atoms with Gasteiger partial charge in [0.25, 0.3) is 5.91 Å². The lowest BCUT2D eigenvalue weighted by Crippen LogP contribution is -2.25. The lowest BCUT2D eigenvalue weighted by Gasteiger charge is -2.10. The van der Waals surface area contributed by atoms with Crippen molar-refractivity contribution in [3.8, 4) is 0 Å². The molecule has 0 unspecified atom stereocenters. The largest absolute Gasteiger partial charge is 0.351 e. The molecule has 0 aliphatic rings. The van der Waals surface area contributed by atoms with Crippen LogP contribution in [-0.2, 0) is 0 Å². The van der Waals surface area contributed by atoms with Gasteiger partial charge in [0, 0.05) is 18.3 Å². The number of aryl methyl sites for hydroxylation is 2. The molecule has 1 aromatic carbocycles. The molecule has 1 amide bonds. The minimum Gasteiger partial charge on any atom is -0.351 e. The molecule has 2 N–H and O–H groups in total. The molecule has 5 heteroatoms. The first kappa shape index (κ1) is 15.9. The molecule has 0 spiro atoms. The first-order valence-corrected chi connectivity index (χ1v) is 7.54. The van der Waals surface area contributed by atoms with Crippen LogP contribution < -0.4 is 10.6 Å². The molecule has 0 bridgehead atoms. The fourth-order valence-corrected chi connectivity index (χ4v) is 2.03. The van der Waals surface area contributed by atoms with Crippen LogP contribution >= 0.6 is 0 Å². The van der Waals surface area contributed by atoms with Crippen LogP contribution in [0.2, 0.25) is 0 Å². The van der Waals surface area contributed by atoms with Crippen molar-refractivity contribution in [3.05, 3.63) is 47.4 Å². The normalized spacial score (nSPS) is 10.3. The zero-order valence-electron chi connectivity index (χ0n) is 13.3. The highest BCUT2D eigenvalue weighted by molar-refractivity contribution is 5.92. The van der Waals surface area contributed by atoms with E-state index in [4.69, 9.17) is 0 Å². The number of hydrogen-bond acceptors (Lipinski definition) is 4. The first-order chi connectivity index (χ1) is 10.6. The van der Waals surface area contributed by atoms with E-state index in [2.05, 4.69) is 45.7 Å². The fourth-order valence-electron chi connectivity index (χ4n) is 2.03. The zero-order chi connectivity index (χ0) is 15.9. The highest BCUT2D eigenvalue weighted by Crippen LogP contribution is 2.20. The van der Waals surface area contributed by atoms with Crippen molar-refractivity contribution < 1.29 is 4.79 Å². The van der Waals surface area contributed by atoms with Gasteiger partial charge in [0.2, 0.25) is 0 Å². The number of carbonyl (C=O) groups excluding carboxylic acids is 1. The van der Waals surface area contributed by atoms with Crippen molar-refractivity contribution in [1.29, 1.82) is 0 Å². The Morgan fingerprint density at radius 2 is 2.00 bits per heavy atom. The van der Waals surface area contributed by atoms with Crippen molar-refractivity contribution in [3.63, 3.8) is 0 Å². The Morgan fingerprint density at radius 1 is 1.18 bits per heavy atom. The van der Waals surface area contributed by atoms with Gasteiger partial charge in [-0.2, -0.15) is 0 Å². The van der Waals surface area contributed by atoms with Gasteiger partial charge in [-0.1, -0.05) is 25.5 Å². The Balaban J connectivity index is 2.11. The van der Waals surface area contributed by atoms with Crippen LogP contribution in [0.5, 0.6) is 0 Å². The second kappa shape index (κ2) is 7.54. The van der Waals surface area contributed by atoms with E-state index in [0.717, 1.165) is 24.1 Å². The predicted octanol–water partition coefficient (Wildman–Crippen LogP) is 3.37. The average molecular weight is 298 g/mol. The highest BCUT2D eigenvalue weighted by Gasteiger charge is 2.08. The molecule has 0 saturated heterocycles. The minimum atomic E-state index is -0.167. The van der Waals surface area contributed by atoms with Crippen molar-refractivity contribution in [2.75, 3.05) is 11.9 Å². The number of nitrogens with one attached hydrogen (secondary N) is 2. The molecule has 1 heterocycles. The molecular formula is C17H22N4O. The number of rotatable bonds is 6. The fraction of sp³-hybridized carbons (Fsp3) is 0.353. The highest BCUT2D eigenvalue weighted by atomic mass is 16.1. The molecule has 116 valence electrons. The Bertz CT molecular complexity index is 655. The summed E-state index contributed by atoms with van der Waals surface area (Å²) in [4.78, 5) is 20.2. The summed E-state index contributed by atoms with van der Waals surface area (Å²) in [6.07, 6.45) is 3.41. The molecule has 0 radical (unpaired) electrons. The predicted molar refractivity (Wildman–Crippen MR) is 88.5 cm³/mol. The summed E-state index contributed by atoms with van der Waals surface area (Å²) in [5.41, 5.74) is 3.65. The van der Waals surface area contributed by atoms with Gasteiger partial charge in [0.15, 0.2) is 0 Å². The first-order valence-electron chi connectivity index (χ1n) is 7.54. The topological polar surface area (TPSA) is 66.9 Å². The van der Waals surface area contributed by atoms with Gasteiger partial charge < -0.3 is 10.6 Å². The number of carbonyl (C=O) groups is 1. The number of aromatic nitrogens is 2. The Labute approximate surface area is 131 Å². The second-order valence-electron chi connectivity index (χ2n) is 5.34. The number of unbranched alkanes of at least 4 members (excludes halogenated alkanes) is 1. The molecule has 0 fully saturated rings. The molecule has 2 rings (SSSR count). The zero-order valence-corrected chi connectivity index (χ0v) is 13.3. The monoisotopic (exact) mass is 298 g/mol. The van der Waals surface area contributed by atoms with Gasteiger partial charge in [-0.25, -0.2) is 9.97 Å². The lowest BCUT2D eigenvalue weighted by molar-refractivity contribution is 0.0948. The molecule has 0 aliphatic carbocycles. The number of nitrogens with zero attached hydrogens (tertiary/aromatic N) is 2. The summed E-state index contributed by atoms with van der Waals surface area (Å²) in [5.74, 6) is 0.448. The SMILES string of the molecule is CCCCNC(=O)c1cc(Nc2cc(C)ccc2C)ncn1. The van der Waals surface area contributed by atoms with Crippen LogP contribution in [0.1, 0.15) is 41.4 Å². The molecule has 1 aromatic heterocycles. The number of hydrogen-bond donors (Lipinski definition) is 2. The maximum absolute atomic E-state index is 12.0. The van der Waals surface area contributed by atoms with E-state index in [1.165, 1.54) is 11.9 Å². The lowest BCUT2D eigenvalue weighted by atomic mass is 10.1. The quantitative estimate of drug-likeness (QED) is 0.802. The number of anilines is 2. The minimum absolute atomic E-state index is 0.167. The van der Waals surface area contributed by atoms with E-state index in [1.54, 1.807) is 6.07 Å². The Hall–Kier alpha value is -2.43.